The lowest BCUT2D eigenvalue weighted by molar-refractivity contribution is 0.0513. The van der Waals surface area contributed by atoms with Crippen molar-refractivity contribution in [3.8, 4) is 0 Å². The summed E-state index contributed by atoms with van der Waals surface area (Å²) in [5.41, 5.74) is 3.31. The Morgan fingerprint density at radius 2 is 2.07 bits per heavy atom. The number of hydrogen-bond donors (Lipinski definition) is 0. The number of nitrogens with zero attached hydrogens (tertiary/aromatic N) is 5. The lowest BCUT2D eigenvalue weighted by Crippen LogP contribution is -2.37. The van der Waals surface area contributed by atoms with Crippen LogP contribution in [0.3, 0.4) is 0 Å². The van der Waals surface area contributed by atoms with Crippen molar-refractivity contribution in [3.63, 3.8) is 0 Å². The Labute approximate surface area is 168 Å². The van der Waals surface area contributed by atoms with Crippen molar-refractivity contribution in [2.45, 2.75) is 26.4 Å². The van der Waals surface area contributed by atoms with Gasteiger partial charge in [0.25, 0.3) is 5.91 Å². The molecule has 4 rings (SSSR count). The first-order valence-corrected chi connectivity index (χ1v) is 9.52. The minimum Gasteiger partial charge on any atom is -0.461 e. The van der Waals surface area contributed by atoms with Gasteiger partial charge in [-0.25, -0.2) is 4.79 Å². The second-order valence-corrected chi connectivity index (χ2v) is 6.69. The van der Waals surface area contributed by atoms with Crippen molar-refractivity contribution < 1.29 is 14.3 Å². The number of fused-ring (bicyclic) bond motifs is 1. The summed E-state index contributed by atoms with van der Waals surface area (Å²) in [4.78, 5) is 35.4. The first-order valence-electron chi connectivity index (χ1n) is 9.52. The van der Waals surface area contributed by atoms with Gasteiger partial charge in [-0.05, 0) is 31.2 Å². The molecular weight excluding hydrogens is 370 g/mol. The molecule has 1 aliphatic rings. The highest BCUT2D eigenvalue weighted by atomic mass is 16.5. The van der Waals surface area contributed by atoms with E-state index >= 15 is 0 Å². The number of rotatable bonds is 5. The van der Waals surface area contributed by atoms with Gasteiger partial charge in [0.15, 0.2) is 5.69 Å². The smallest absolute Gasteiger partial charge is 0.359 e. The van der Waals surface area contributed by atoms with Crippen molar-refractivity contribution in [3.05, 3.63) is 77.1 Å². The monoisotopic (exact) mass is 391 g/mol. The van der Waals surface area contributed by atoms with Crippen molar-refractivity contribution in [2.24, 2.45) is 0 Å². The van der Waals surface area contributed by atoms with Gasteiger partial charge >= 0.3 is 5.97 Å². The summed E-state index contributed by atoms with van der Waals surface area (Å²) < 4.78 is 7.00. The minimum absolute atomic E-state index is 0.115. The van der Waals surface area contributed by atoms with Crippen LogP contribution >= 0.6 is 0 Å². The van der Waals surface area contributed by atoms with Crippen molar-refractivity contribution in [1.29, 1.82) is 0 Å². The Morgan fingerprint density at radius 3 is 2.79 bits per heavy atom. The van der Waals surface area contributed by atoms with Gasteiger partial charge in [-0.2, -0.15) is 5.10 Å². The van der Waals surface area contributed by atoms with E-state index in [1.54, 1.807) is 47.2 Å². The van der Waals surface area contributed by atoms with Gasteiger partial charge in [-0.1, -0.05) is 6.07 Å². The molecule has 0 bridgehead atoms. The fourth-order valence-electron chi connectivity index (χ4n) is 3.48. The largest absolute Gasteiger partial charge is 0.461 e. The normalized spacial score (nSPS) is 13.1. The molecule has 0 aliphatic carbocycles. The first kappa shape index (κ1) is 18.8. The molecule has 0 saturated heterocycles. The van der Waals surface area contributed by atoms with Gasteiger partial charge in [0, 0.05) is 42.8 Å². The summed E-state index contributed by atoms with van der Waals surface area (Å²) in [5, 5.41) is 4.52. The summed E-state index contributed by atoms with van der Waals surface area (Å²) in [6, 6.07) is 9.16. The SMILES string of the molecule is CCOC(=O)c1nn(Cc2ccccn2)c2c1CN(C(=O)c1cccnc1)CC2. The van der Waals surface area contributed by atoms with E-state index in [4.69, 9.17) is 4.74 Å². The third kappa shape index (κ3) is 3.87. The van der Waals surface area contributed by atoms with Crippen LogP contribution in [0.25, 0.3) is 0 Å². The second-order valence-electron chi connectivity index (χ2n) is 6.69. The van der Waals surface area contributed by atoms with E-state index in [-0.39, 0.29) is 18.2 Å². The standard InChI is InChI=1S/C21H21N5O3/c1-2-29-21(28)19-17-14-25(20(27)15-6-5-9-22-12-15)11-8-18(17)26(24-19)13-16-7-3-4-10-23-16/h3-7,9-10,12H,2,8,11,13-14H2,1H3. The van der Waals surface area contributed by atoms with Crippen molar-refractivity contribution in [1.82, 2.24) is 24.6 Å². The Bertz CT molecular complexity index is 1020. The maximum Gasteiger partial charge on any atom is 0.359 e. The molecule has 0 spiro atoms. The zero-order valence-electron chi connectivity index (χ0n) is 16.1. The molecule has 1 aliphatic heterocycles. The number of carbonyl (C=O) groups excluding carboxylic acids is 2. The van der Waals surface area contributed by atoms with E-state index in [0.29, 0.717) is 31.6 Å². The number of aromatic nitrogens is 4. The Morgan fingerprint density at radius 1 is 1.17 bits per heavy atom. The molecule has 0 N–H and O–H groups in total. The molecule has 8 nitrogen and oxygen atoms in total. The van der Waals surface area contributed by atoms with Crippen LogP contribution in [0.1, 0.15) is 44.7 Å². The fourth-order valence-corrected chi connectivity index (χ4v) is 3.48. The molecule has 1 amide bonds. The van der Waals surface area contributed by atoms with E-state index in [2.05, 4.69) is 15.1 Å². The Kier molecular flexibility index (Phi) is 5.33. The predicted molar refractivity (Wildman–Crippen MR) is 104 cm³/mol. The molecule has 0 saturated carbocycles. The van der Waals surface area contributed by atoms with Gasteiger partial charge in [0.05, 0.1) is 31.0 Å². The van der Waals surface area contributed by atoms with Crippen LogP contribution in [-0.4, -0.2) is 49.7 Å². The number of ether oxygens (including phenoxy) is 1. The number of carbonyl (C=O) groups is 2. The van der Waals surface area contributed by atoms with E-state index in [1.807, 2.05) is 18.2 Å². The lowest BCUT2D eigenvalue weighted by atomic mass is 10.0. The third-order valence-corrected chi connectivity index (χ3v) is 4.84. The number of esters is 1. The Balaban J connectivity index is 1.66. The second kappa shape index (κ2) is 8.22. The van der Waals surface area contributed by atoms with Crippen molar-refractivity contribution in [2.75, 3.05) is 13.2 Å². The fraction of sp³-hybridized carbons (Fsp3) is 0.286. The van der Waals surface area contributed by atoms with Crippen LogP contribution < -0.4 is 0 Å². The van der Waals surface area contributed by atoms with E-state index in [1.165, 1.54) is 0 Å². The lowest BCUT2D eigenvalue weighted by Gasteiger charge is -2.27. The summed E-state index contributed by atoms with van der Waals surface area (Å²) in [6.07, 6.45) is 5.51. The highest BCUT2D eigenvalue weighted by Crippen LogP contribution is 2.25. The summed E-state index contributed by atoms with van der Waals surface area (Å²) >= 11 is 0. The van der Waals surface area contributed by atoms with Crippen LogP contribution in [0.2, 0.25) is 0 Å². The molecule has 0 aromatic carbocycles. The van der Waals surface area contributed by atoms with Crippen LogP contribution in [-0.2, 0) is 24.2 Å². The molecule has 8 heteroatoms. The van der Waals surface area contributed by atoms with Crippen LogP contribution in [0.4, 0.5) is 0 Å². The van der Waals surface area contributed by atoms with Crippen LogP contribution in [0.5, 0.6) is 0 Å². The molecular formula is C21H21N5O3. The summed E-state index contributed by atoms with van der Waals surface area (Å²) in [7, 11) is 0. The molecule has 4 heterocycles. The highest BCUT2D eigenvalue weighted by Gasteiger charge is 2.31. The van der Waals surface area contributed by atoms with E-state index in [9.17, 15) is 9.59 Å². The first-order chi connectivity index (χ1) is 14.2. The minimum atomic E-state index is -0.473. The van der Waals surface area contributed by atoms with E-state index < -0.39 is 5.97 Å². The highest BCUT2D eigenvalue weighted by molar-refractivity contribution is 5.94. The maximum absolute atomic E-state index is 12.8. The van der Waals surface area contributed by atoms with Crippen molar-refractivity contribution >= 4 is 11.9 Å². The molecule has 148 valence electrons. The van der Waals surface area contributed by atoms with Gasteiger partial charge in [-0.3, -0.25) is 19.4 Å². The van der Waals surface area contributed by atoms with Gasteiger partial charge in [0.2, 0.25) is 0 Å². The van der Waals surface area contributed by atoms with Gasteiger partial charge < -0.3 is 9.64 Å². The average Bonchev–Trinajstić information content (AvgIpc) is 3.12. The number of pyridine rings is 2. The maximum atomic E-state index is 12.8. The van der Waals surface area contributed by atoms with Gasteiger partial charge in [-0.15, -0.1) is 0 Å². The molecule has 3 aromatic heterocycles. The topological polar surface area (TPSA) is 90.2 Å². The molecule has 0 fully saturated rings. The number of hydrogen-bond acceptors (Lipinski definition) is 6. The zero-order valence-corrected chi connectivity index (χ0v) is 16.1. The third-order valence-electron chi connectivity index (χ3n) is 4.84. The van der Waals surface area contributed by atoms with Crippen LogP contribution in [0.15, 0.2) is 48.9 Å². The Hall–Kier alpha value is -3.55. The number of amides is 1. The van der Waals surface area contributed by atoms with E-state index in [0.717, 1.165) is 17.0 Å². The molecule has 3 aromatic rings. The molecule has 0 unspecified atom stereocenters. The quantitative estimate of drug-likeness (QED) is 0.619. The summed E-state index contributed by atoms with van der Waals surface area (Å²) in [5.74, 6) is -0.588. The summed E-state index contributed by atoms with van der Waals surface area (Å²) in [6.45, 7) is 3.32. The predicted octanol–water partition coefficient (Wildman–Crippen LogP) is 2.10. The molecule has 29 heavy (non-hydrogen) atoms. The van der Waals surface area contributed by atoms with Gasteiger partial charge in [0.1, 0.15) is 0 Å². The molecule has 0 radical (unpaired) electrons. The van der Waals surface area contributed by atoms with Crippen LogP contribution in [0, 0.1) is 0 Å². The average molecular weight is 391 g/mol. The zero-order chi connectivity index (χ0) is 20.2. The molecule has 0 atom stereocenters.